The van der Waals surface area contributed by atoms with E-state index < -0.39 is 5.82 Å². The molecule has 2 rings (SSSR count). The molecule has 2 aromatic rings. The van der Waals surface area contributed by atoms with Crippen LogP contribution in [0.5, 0.6) is 0 Å². The van der Waals surface area contributed by atoms with Gasteiger partial charge in [0.15, 0.2) is 0 Å². The number of benzene rings is 2. The summed E-state index contributed by atoms with van der Waals surface area (Å²) in [4.78, 5) is 12.0. The maximum absolute atomic E-state index is 13.1. The Labute approximate surface area is 130 Å². The zero-order valence-corrected chi connectivity index (χ0v) is 13.1. The lowest BCUT2D eigenvalue weighted by molar-refractivity contribution is -0.115. The molecule has 0 saturated carbocycles. The topological polar surface area (TPSA) is 29.1 Å². The van der Waals surface area contributed by atoms with Crippen molar-refractivity contribution in [1.29, 1.82) is 0 Å². The molecule has 0 aliphatic heterocycles. The molecule has 0 aromatic heterocycles. The fourth-order valence-corrected chi connectivity index (χ4v) is 2.64. The summed E-state index contributed by atoms with van der Waals surface area (Å²) in [5.41, 5.74) is 2.42. The smallest absolute Gasteiger partial charge is 0.228 e. The van der Waals surface area contributed by atoms with Crippen molar-refractivity contribution < 1.29 is 9.18 Å². The van der Waals surface area contributed by atoms with Gasteiger partial charge in [-0.05, 0) is 40.5 Å². The summed E-state index contributed by atoms with van der Waals surface area (Å²) < 4.78 is 13.5. The number of rotatable bonds is 3. The molecular weight excluding hydrogens is 345 g/mol. The van der Waals surface area contributed by atoms with Crippen molar-refractivity contribution >= 4 is 39.1 Å². The van der Waals surface area contributed by atoms with Gasteiger partial charge in [-0.25, -0.2) is 4.39 Å². The molecule has 0 spiro atoms. The normalized spacial score (nSPS) is 10.4. The third kappa shape index (κ3) is 3.81. The van der Waals surface area contributed by atoms with Gasteiger partial charge in [0.05, 0.1) is 17.1 Å². The molecule has 104 valence electrons. The number of halogens is 3. The predicted octanol–water partition coefficient (Wildman–Crippen LogP) is 4.73. The second kappa shape index (κ2) is 6.37. The van der Waals surface area contributed by atoms with E-state index in [4.69, 9.17) is 11.6 Å². The number of nitrogens with one attached hydrogen (secondary N) is 1. The van der Waals surface area contributed by atoms with Crippen LogP contribution in [-0.2, 0) is 11.2 Å². The van der Waals surface area contributed by atoms with Gasteiger partial charge >= 0.3 is 0 Å². The highest BCUT2D eigenvalue weighted by molar-refractivity contribution is 9.10. The van der Waals surface area contributed by atoms with Crippen LogP contribution in [-0.4, -0.2) is 5.91 Å². The van der Waals surface area contributed by atoms with Crippen molar-refractivity contribution in [3.05, 3.63) is 62.8 Å². The zero-order valence-electron chi connectivity index (χ0n) is 10.7. The molecule has 2 aromatic carbocycles. The molecule has 0 heterocycles. The first kappa shape index (κ1) is 15.0. The molecule has 0 atom stereocenters. The molecule has 20 heavy (non-hydrogen) atoms. The van der Waals surface area contributed by atoms with Gasteiger partial charge in [-0.3, -0.25) is 4.79 Å². The minimum Gasteiger partial charge on any atom is -0.324 e. The number of carbonyl (C=O) groups excluding carboxylic acids is 1. The van der Waals surface area contributed by atoms with Crippen molar-refractivity contribution in [1.82, 2.24) is 0 Å². The van der Waals surface area contributed by atoms with Crippen LogP contribution in [0.3, 0.4) is 0 Å². The van der Waals surface area contributed by atoms with Gasteiger partial charge in [0, 0.05) is 4.47 Å². The first-order chi connectivity index (χ1) is 9.45. The van der Waals surface area contributed by atoms with E-state index in [2.05, 4.69) is 21.2 Å². The van der Waals surface area contributed by atoms with Gasteiger partial charge in [-0.1, -0.05) is 41.4 Å². The predicted molar refractivity (Wildman–Crippen MR) is 82.6 cm³/mol. The Hall–Kier alpha value is -1.39. The van der Waals surface area contributed by atoms with Crippen molar-refractivity contribution in [3.8, 4) is 0 Å². The van der Waals surface area contributed by atoms with E-state index >= 15 is 0 Å². The summed E-state index contributed by atoms with van der Waals surface area (Å²) in [6.45, 7) is 1.99. The molecule has 2 nitrogen and oxygen atoms in total. The van der Waals surface area contributed by atoms with Crippen molar-refractivity contribution in [2.45, 2.75) is 13.3 Å². The van der Waals surface area contributed by atoms with E-state index in [1.54, 1.807) is 0 Å². The minimum atomic E-state index is -0.460. The maximum Gasteiger partial charge on any atom is 0.228 e. The van der Waals surface area contributed by atoms with Crippen LogP contribution in [0.4, 0.5) is 10.1 Å². The molecule has 0 radical (unpaired) electrons. The Balaban J connectivity index is 2.10. The molecule has 5 heteroatoms. The highest BCUT2D eigenvalue weighted by atomic mass is 79.9. The van der Waals surface area contributed by atoms with E-state index in [-0.39, 0.29) is 17.4 Å². The van der Waals surface area contributed by atoms with Crippen LogP contribution < -0.4 is 5.32 Å². The highest BCUT2D eigenvalue weighted by Crippen LogP contribution is 2.31. The zero-order chi connectivity index (χ0) is 14.7. The fraction of sp³-hybridized carbons (Fsp3) is 0.133. The summed E-state index contributed by atoms with van der Waals surface area (Å²) in [6, 6.07) is 10.1. The minimum absolute atomic E-state index is 0.161. The molecular formula is C15H12BrClFNO. The maximum atomic E-state index is 13.1. The molecule has 0 unspecified atom stereocenters. The summed E-state index contributed by atoms with van der Waals surface area (Å²) in [5.74, 6) is -0.665. The van der Waals surface area contributed by atoms with Crippen LogP contribution >= 0.6 is 27.5 Å². The van der Waals surface area contributed by atoms with Gasteiger partial charge in [-0.2, -0.15) is 0 Å². The second-order valence-corrected chi connectivity index (χ2v) is 5.72. The molecule has 0 bridgehead atoms. The average molecular weight is 357 g/mol. The second-order valence-electron chi connectivity index (χ2n) is 4.45. The van der Waals surface area contributed by atoms with Crippen molar-refractivity contribution in [2.75, 3.05) is 5.32 Å². The summed E-state index contributed by atoms with van der Waals surface area (Å²) in [7, 11) is 0. The van der Waals surface area contributed by atoms with Gasteiger partial charge in [-0.15, -0.1) is 0 Å². The van der Waals surface area contributed by atoms with Gasteiger partial charge in [0.2, 0.25) is 5.91 Å². The highest BCUT2D eigenvalue weighted by Gasteiger charge is 2.11. The third-order valence-corrected chi connectivity index (χ3v) is 3.68. The fourth-order valence-electron chi connectivity index (χ4n) is 1.74. The van der Waals surface area contributed by atoms with Crippen molar-refractivity contribution in [3.63, 3.8) is 0 Å². The first-order valence-electron chi connectivity index (χ1n) is 5.95. The Morgan fingerprint density at radius 2 is 1.95 bits per heavy atom. The number of anilines is 1. The van der Waals surface area contributed by atoms with E-state index in [1.807, 2.05) is 31.2 Å². The largest absolute Gasteiger partial charge is 0.324 e. The Morgan fingerprint density at radius 1 is 1.30 bits per heavy atom. The quantitative estimate of drug-likeness (QED) is 0.846. The van der Waals surface area contributed by atoms with E-state index in [1.165, 1.54) is 6.07 Å². The average Bonchev–Trinajstić information content (AvgIpc) is 2.36. The SMILES string of the molecule is Cc1ccc(CC(=O)Nc2c(Cl)cc(F)cc2Br)cc1. The summed E-state index contributed by atoms with van der Waals surface area (Å²) in [5, 5.41) is 2.85. The lowest BCUT2D eigenvalue weighted by Crippen LogP contribution is -2.15. The molecule has 1 amide bonds. The standard InChI is InChI=1S/C15H12BrClFNO/c1-9-2-4-10(5-3-9)6-14(20)19-15-12(16)7-11(18)8-13(15)17/h2-5,7-8H,6H2,1H3,(H,19,20). The Bertz CT molecular complexity index is 620. The number of hydrogen-bond acceptors (Lipinski definition) is 1. The molecule has 0 aliphatic carbocycles. The number of hydrogen-bond donors (Lipinski definition) is 1. The van der Waals surface area contributed by atoms with Crippen LogP contribution in [0, 0.1) is 12.7 Å². The van der Waals surface area contributed by atoms with Gasteiger partial charge in [0.1, 0.15) is 5.82 Å². The van der Waals surface area contributed by atoms with Crippen LogP contribution in [0.1, 0.15) is 11.1 Å². The molecule has 0 saturated heterocycles. The van der Waals surface area contributed by atoms with E-state index in [9.17, 15) is 9.18 Å². The third-order valence-electron chi connectivity index (χ3n) is 2.76. The molecule has 0 fully saturated rings. The summed E-state index contributed by atoms with van der Waals surface area (Å²) in [6.07, 6.45) is 0.237. The lowest BCUT2D eigenvalue weighted by atomic mass is 10.1. The number of aryl methyl sites for hydroxylation is 1. The number of carbonyl (C=O) groups is 1. The van der Waals surface area contributed by atoms with E-state index in [0.29, 0.717) is 10.2 Å². The molecule has 0 aliphatic rings. The summed E-state index contributed by atoms with van der Waals surface area (Å²) >= 11 is 9.10. The lowest BCUT2D eigenvalue weighted by Gasteiger charge is -2.10. The monoisotopic (exact) mass is 355 g/mol. The van der Waals surface area contributed by atoms with Gasteiger partial charge in [0.25, 0.3) is 0 Å². The Morgan fingerprint density at radius 3 is 2.55 bits per heavy atom. The molecule has 1 N–H and O–H groups in total. The number of amides is 1. The first-order valence-corrected chi connectivity index (χ1v) is 7.13. The van der Waals surface area contributed by atoms with Gasteiger partial charge < -0.3 is 5.32 Å². The van der Waals surface area contributed by atoms with Crippen LogP contribution in [0.25, 0.3) is 0 Å². The Kier molecular flexibility index (Phi) is 4.78. The van der Waals surface area contributed by atoms with Crippen molar-refractivity contribution in [2.24, 2.45) is 0 Å². The van der Waals surface area contributed by atoms with Crippen LogP contribution in [0.2, 0.25) is 5.02 Å². The van der Waals surface area contributed by atoms with Crippen LogP contribution in [0.15, 0.2) is 40.9 Å². The van der Waals surface area contributed by atoms with E-state index in [0.717, 1.165) is 17.2 Å².